The lowest BCUT2D eigenvalue weighted by Gasteiger charge is -2.03. The number of hydrogen-bond donors (Lipinski definition) is 1. The maximum absolute atomic E-state index is 5.78. The molecular weight excluding hydrogens is 218 g/mol. The second-order valence-corrected chi connectivity index (χ2v) is 4.71. The van der Waals surface area contributed by atoms with E-state index in [0.29, 0.717) is 11.2 Å². The topological polar surface area (TPSA) is 37.8 Å². The molecule has 0 spiro atoms. The van der Waals surface area contributed by atoms with Gasteiger partial charge in [-0.05, 0) is 19.9 Å². The van der Waals surface area contributed by atoms with Crippen LogP contribution in [-0.2, 0) is 0 Å². The first-order valence-electron chi connectivity index (χ1n) is 4.34. The number of nitrogens with one attached hydrogen (secondary N) is 1. The number of halogens is 1. The molecular formula is C9H10ClN3S. The van der Waals surface area contributed by atoms with Crippen LogP contribution in [0.1, 0.15) is 13.8 Å². The number of fused-ring (bicyclic) bond motifs is 1. The number of aromatic nitrogens is 2. The number of rotatable bonds is 2. The van der Waals surface area contributed by atoms with Gasteiger partial charge in [-0.1, -0.05) is 22.9 Å². The summed E-state index contributed by atoms with van der Waals surface area (Å²) < 4.78 is 1.06. The van der Waals surface area contributed by atoms with E-state index in [1.165, 1.54) is 0 Å². The second kappa shape index (κ2) is 3.71. The van der Waals surface area contributed by atoms with E-state index in [9.17, 15) is 0 Å². The van der Waals surface area contributed by atoms with Crippen molar-refractivity contribution in [2.45, 2.75) is 19.9 Å². The first-order valence-corrected chi connectivity index (χ1v) is 5.53. The van der Waals surface area contributed by atoms with Crippen LogP contribution in [0.4, 0.5) is 5.13 Å². The van der Waals surface area contributed by atoms with Crippen molar-refractivity contribution >= 4 is 38.3 Å². The molecule has 14 heavy (non-hydrogen) atoms. The molecule has 0 aliphatic heterocycles. The van der Waals surface area contributed by atoms with E-state index in [4.69, 9.17) is 11.6 Å². The van der Waals surface area contributed by atoms with Crippen molar-refractivity contribution in [1.29, 1.82) is 0 Å². The van der Waals surface area contributed by atoms with Crippen LogP contribution in [0, 0.1) is 0 Å². The molecule has 0 saturated heterocycles. The van der Waals surface area contributed by atoms with Crippen molar-refractivity contribution in [3.05, 3.63) is 17.4 Å². The lowest BCUT2D eigenvalue weighted by atomic mass is 10.4. The van der Waals surface area contributed by atoms with Crippen LogP contribution in [-0.4, -0.2) is 16.0 Å². The van der Waals surface area contributed by atoms with Crippen LogP contribution in [0.5, 0.6) is 0 Å². The molecule has 1 N–H and O–H groups in total. The Morgan fingerprint density at radius 3 is 3.00 bits per heavy atom. The average Bonchev–Trinajstić information content (AvgIpc) is 2.44. The highest BCUT2D eigenvalue weighted by Crippen LogP contribution is 2.27. The van der Waals surface area contributed by atoms with Gasteiger partial charge in [-0.25, -0.2) is 9.97 Å². The molecule has 0 radical (unpaired) electrons. The van der Waals surface area contributed by atoms with Crippen LogP contribution in [0.25, 0.3) is 10.2 Å². The van der Waals surface area contributed by atoms with E-state index in [2.05, 4.69) is 29.1 Å². The number of nitrogens with zero attached hydrogens (tertiary/aromatic N) is 2. The zero-order valence-corrected chi connectivity index (χ0v) is 9.49. The number of thiazole rings is 1. The Bertz CT molecular complexity index is 452. The SMILES string of the molecule is CC(C)Nc1nc2cnc(Cl)cc2s1. The molecule has 2 heterocycles. The number of anilines is 1. The van der Waals surface area contributed by atoms with Gasteiger partial charge in [-0.3, -0.25) is 0 Å². The quantitative estimate of drug-likeness (QED) is 0.801. The van der Waals surface area contributed by atoms with E-state index < -0.39 is 0 Å². The Morgan fingerprint density at radius 1 is 1.50 bits per heavy atom. The monoisotopic (exact) mass is 227 g/mol. The second-order valence-electron chi connectivity index (χ2n) is 3.29. The van der Waals surface area contributed by atoms with Crippen LogP contribution in [0.15, 0.2) is 12.3 Å². The van der Waals surface area contributed by atoms with Crippen LogP contribution in [0.3, 0.4) is 0 Å². The fourth-order valence-electron chi connectivity index (χ4n) is 1.12. The van der Waals surface area contributed by atoms with Gasteiger partial charge in [-0.15, -0.1) is 0 Å². The molecule has 0 aliphatic rings. The van der Waals surface area contributed by atoms with Gasteiger partial charge in [0.25, 0.3) is 0 Å². The first-order chi connectivity index (χ1) is 6.65. The predicted octanol–water partition coefficient (Wildman–Crippen LogP) is 3.17. The van der Waals surface area contributed by atoms with E-state index in [1.54, 1.807) is 17.5 Å². The molecule has 2 rings (SSSR count). The first kappa shape index (κ1) is 9.68. The van der Waals surface area contributed by atoms with Gasteiger partial charge in [0.05, 0.1) is 10.9 Å². The van der Waals surface area contributed by atoms with Crippen LogP contribution in [0.2, 0.25) is 5.15 Å². The molecule has 74 valence electrons. The van der Waals surface area contributed by atoms with Crippen LogP contribution >= 0.6 is 22.9 Å². The summed E-state index contributed by atoms with van der Waals surface area (Å²) >= 11 is 7.37. The predicted molar refractivity (Wildman–Crippen MR) is 61.2 cm³/mol. The summed E-state index contributed by atoms with van der Waals surface area (Å²) in [6, 6.07) is 2.22. The Hall–Kier alpha value is -0.870. The third-order valence-corrected chi connectivity index (χ3v) is 2.81. The largest absolute Gasteiger partial charge is 0.359 e. The van der Waals surface area contributed by atoms with Gasteiger partial charge in [0.15, 0.2) is 5.13 Å². The van der Waals surface area contributed by atoms with Gasteiger partial charge in [-0.2, -0.15) is 0 Å². The maximum atomic E-state index is 5.78. The summed E-state index contributed by atoms with van der Waals surface area (Å²) in [4.78, 5) is 8.36. The van der Waals surface area contributed by atoms with Gasteiger partial charge in [0, 0.05) is 6.04 Å². The summed E-state index contributed by atoms with van der Waals surface area (Å²) in [6.07, 6.45) is 1.69. The number of hydrogen-bond acceptors (Lipinski definition) is 4. The third kappa shape index (κ3) is 1.96. The summed E-state index contributed by atoms with van der Waals surface area (Å²) in [6.45, 7) is 4.16. The minimum absolute atomic E-state index is 0.388. The standard InChI is InChI=1S/C9H10ClN3S/c1-5(2)12-9-13-6-4-11-8(10)3-7(6)14-9/h3-5H,1-2H3,(H,12,13). The van der Waals surface area contributed by atoms with Gasteiger partial charge in [0.1, 0.15) is 10.7 Å². The van der Waals surface area contributed by atoms with Crippen molar-refractivity contribution in [2.24, 2.45) is 0 Å². The van der Waals surface area contributed by atoms with Gasteiger partial charge in [0.2, 0.25) is 0 Å². The lowest BCUT2D eigenvalue weighted by Crippen LogP contribution is -2.08. The van der Waals surface area contributed by atoms with E-state index in [-0.39, 0.29) is 0 Å². The Balaban J connectivity index is 2.41. The zero-order chi connectivity index (χ0) is 10.1. The summed E-state index contributed by atoms with van der Waals surface area (Å²) in [7, 11) is 0. The summed E-state index contributed by atoms with van der Waals surface area (Å²) in [5, 5.41) is 4.68. The summed E-state index contributed by atoms with van der Waals surface area (Å²) in [5.41, 5.74) is 0.891. The fourth-order valence-corrected chi connectivity index (χ4v) is 2.36. The zero-order valence-electron chi connectivity index (χ0n) is 7.91. The molecule has 0 bridgehead atoms. The van der Waals surface area contributed by atoms with E-state index in [0.717, 1.165) is 15.3 Å². The van der Waals surface area contributed by atoms with Crippen molar-refractivity contribution in [3.63, 3.8) is 0 Å². The van der Waals surface area contributed by atoms with Gasteiger partial charge < -0.3 is 5.32 Å². The highest BCUT2D eigenvalue weighted by Gasteiger charge is 2.05. The molecule has 2 aromatic heterocycles. The van der Waals surface area contributed by atoms with Crippen molar-refractivity contribution in [2.75, 3.05) is 5.32 Å². The smallest absolute Gasteiger partial charge is 0.184 e. The highest BCUT2D eigenvalue weighted by atomic mass is 35.5. The molecule has 0 saturated carbocycles. The van der Waals surface area contributed by atoms with Crippen molar-refractivity contribution < 1.29 is 0 Å². The molecule has 0 aliphatic carbocycles. The normalized spacial score (nSPS) is 11.1. The minimum atomic E-state index is 0.388. The van der Waals surface area contributed by atoms with Crippen LogP contribution < -0.4 is 5.32 Å². The van der Waals surface area contributed by atoms with E-state index in [1.807, 2.05) is 6.07 Å². The Kier molecular flexibility index (Phi) is 2.56. The molecule has 0 atom stereocenters. The molecule has 0 fully saturated rings. The molecule has 2 aromatic rings. The molecule has 0 unspecified atom stereocenters. The number of pyridine rings is 1. The molecule has 5 heteroatoms. The van der Waals surface area contributed by atoms with Gasteiger partial charge >= 0.3 is 0 Å². The highest BCUT2D eigenvalue weighted by molar-refractivity contribution is 7.22. The van der Waals surface area contributed by atoms with Crippen molar-refractivity contribution in [3.8, 4) is 0 Å². The molecule has 0 amide bonds. The molecule has 0 aromatic carbocycles. The minimum Gasteiger partial charge on any atom is -0.359 e. The lowest BCUT2D eigenvalue weighted by molar-refractivity contribution is 0.897. The third-order valence-electron chi connectivity index (χ3n) is 1.65. The maximum Gasteiger partial charge on any atom is 0.184 e. The molecule has 3 nitrogen and oxygen atoms in total. The van der Waals surface area contributed by atoms with Crippen molar-refractivity contribution in [1.82, 2.24) is 9.97 Å². The fraction of sp³-hybridized carbons (Fsp3) is 0.333. The average molecular weight is 228 g/mol. The van der Waals surface area contributed by atoms with E-state index >= 15 is 0 Å². The Labute approximate surface area is 91.1 Å². The Morgan fingerprint density at radius 2 is 2.29 bits per heavy atom. The summed E-state index contributed by atoms with van der Waals surface area (Å²) in [5.74, 6) is 0.